The number of ether oxygens (including phenoxy) is 1. The Kier molecular flexibility index (Phi) is 7.15. The Hall–Kier alpha value is -1.14. The van der Waals surface area contributed by atoms with Crippen molar-refractivity contribution >= 4 is 38.6 Å². The summed E-state index contributed by atoms with van der Waals surface area (Å²) in [7, 11) is 5.55. The van der Waals surface area contributed by atoms with Crippen LogP contribution in [0.25, 0.3) is 0 Å². The third kappa shape index (κ3) is 5.02. The second-order valence-electron chi connectivity index (χ2n) is 6.70. The van der Waals surface area contributed by atoms with Gasteiger partial charge in [0.15, 0.2) is 0 Å². The van der Waals surface area contributed by atoms with E-state index in [9.17, 15) is 9.00 Å². The third-order valence-electron chi connectivity index (χ3n) is 4.86. The molecule has 0 aromatic heterocycles. The van der Waals surface area contributed by atoms with Gasteiger partial charge in [-0.3, -0.25) is 4.79 Å². The molecule has 2 fully saturated rings. The molecular weight excluding hydrogens is 406 g/mol. The first-order valence-corrected chi connectivity index (χ1v) is 12.0. The first kappa shape index (κ1) is 20.6. The number of rotatable bonds is 9. The summed E-state index contributed by atoms with van der Waals surface area (Å²) >= 11 is 0. The van der Waals surface area contributed by atoms with E-state index in [2.05, 4.69) is 16.7 Å². The molecule has 1 saturated carbocycles. The van der Waals surface area contributed by atoms with Crippen LogP contribution in [-0.4, -0.2) is 62.6 Å². The van der Waals surface area contributed by atoms with Crippen molar-refractivity contribution in [2.75, 3.05) is 38.5 Å². The largest absolute Gasteiger partial charge is 0.497 e. The normalized spacial score (nSPS) is 22.6. The standard InChI is InChI=1S/C18H24ClN3O3S2/c19-26-14-2-13-25-16-4-1-3-15(5-6-16)21-9-11-22(12-10-21)27(24)18(7-8-18)17(20)23/h5-6H,2,4,7-14H2,(H2,20,23). The summed E-state index contributed by atoms with van der Waals surface area (Å²) in [5, 5.41) is 0. The first-order valence-electron chi connectivity index (χ1n) is 9.05. The van der Waals surface area contributed by atoms with Crippen molar-refractivity contribution in [1.29, 1.82) is 0 Å². The van der Waals surface area contributed by atoms with E-state index in [1.165, 1.54) is 11.0 Å². The van der Waals surface area contributed by atoms with Gasteiger partial charge in [0.25, 0.3) is 0 Å². The van der Waals surface area contributed by atoms with Crippen molar-refractivity contribution in [1.82, 2.24) is 9.21 Å². The molecule has 1 amide bonds. The quantitative estimate of drug-likeness (QED) is 0.446. The number of amides is 1. The second-order valence-corrected chi connectivity index (χ2v) is 9.78. The third-order valence-corrected chi connectivity index (χ3v) is 7.88. The number of piperazine rings is 1. The summed E-state index contributed by atoms with van der Waals surface area (Å²) in [6.45, 7) is 3.34. The molecule has 3 aliphatic rings. The molecule has 1 unspecified atom stereocenters. The molecule has 6 nitrogen and oxygen atoms in total. The Labute approximate surface area is 171 Å². The van der Waals surface area contributed by atoms with Gasteiger partial charge in [-0.1, -0.05) is 16.9 Å². The average molecular weight is 430 g/mol. The highest BCUT2D eigenvalue weighted by Gasteiger charge is 2.56. The van der Waals surface area contributed by atoms with Crippen LogP contribution in [0.1, 0.15) is 25.7 Å². The fourth-order valence-corrected chi connectivity index (χ4v) is 5.22. The van der Waals surface area contributed by atoms with Crippen molar-refractivity contribution in [3.8, 4) is 11.8 Å². The van der Waals surface area contributed by atoms with E-state index in [1.807, 2.05) is 16.5 Å². The molecule has 1 heterocycles. The highest BCUT2D eigenvalue weighted by molar-refractivity contribution is 8.21. The molecule has 0 radical (unpaired) electrons. The lowest BCUT2D eigenvalue weighted by Crippen LogP contribution is -2.51. The van der Waals surface area contributed by atoms with Crippen LogP contribution in [0.5, 0.6) is 0 Å². The monoisotopic (exact) mass is 429 g/mol. The van der Waals surface area contributed by atoms with Gasteiger partial charge in [0.05, 0.1) is 18.7 Å². The first-order chi connectivity index (χ1) is 13.1. The molecule has 27 heavy (non-hydrogen) atoms. The maximum absolute atomic E-state index is 12.7. The number of hydrogen-bond acceptors (Lipinski definition) is 5. The minimum absolute atomic E-state index is 0.442. The zero-order valence-corrected chi connectivity index (χ0v) is 17.5. The van der Waals surface area contributed by atoms with Crippen LogP contribution >= 0.6 is 21.7 Å². The van der Waals surface area contributed by atoms with Crippen LogP contribution in [0.4, 0.5) is 0 Å². The molecular formula is C18H24ClN3O3S2. The van der Waals surface area contributed by atoms with Crippen LogP contribution < -0.4 is 5.73 Å². The van der Waals surface area contributed by atoms with Gasteiger partial charge in [-0.2, -0.15) is 0 Å². The Balaban J connectivity index is 1.52. The van der Waals surface area contributed by atoms with E-state index in [0.29, 0.717) is 39.0 Å². The van der Waals surface area contributed by atoms with Crippen molar-refractivity contribution in [3.05, 3.63) is 23.6 Å². The SMILES string of the molecule is NC(=O)C1(S(=O)N2CCN(C3=CC=C(OCCCSCl)CC#C3)CC2)CC1. The zero-order valence-electron chi connectivity index (χ0n) is 15.1. The highest BCUT2D eigenvalue weighted by Crippen LogP contribution is 2.42. The number of nitrogens with zero attached hydrogens (tertiary/aromatic N) is 2. The second kappa shape index (κ2) is 9.37. The molecule has 1 atom stereocenters. The molecule has 0 bridgehead atoms. The van der Waals surface area contributed by atoms with Gasteiger partial charge in [-0.05, 0) is 48.0 Å². The molecule has 1 aliphatic heterocycles. The fraction of sp³-hybridized carbons (Fsp3) is 0.611. The van der Waals surface area contributed by atoms with Crippen molar-refractivity contribution in [3.63, 3.8) is 0 Å². The summed E-state index contributed by atoms with van der Waals surface area (Å²) in [6.07, 6.45) is 6.71. The molecule has 0 aromatic carbocycles. The van der Waals surface area contributed by atoms with E-state index in [-0.39, 0.29) is 0 Å². The van der Waals surface area contributed by atoms with E-state index in [0.717, 1.165) is 36.7 Å². The summed E-state index contributed by atoms with van der Waals surface area (Å²) in [5.41, 5.74) is 6.39. The number of carbonyl (C=O) groups is 1. The van der Waals surface area contributed by atoms with Crippen LogP contribution in [-0.2, 0) is 20.5 Å². The minimum Gasteiger partial charge on any atom is -0.497 e. The topological polar surface area (TPSA) is 75.9 Å². The fourth-order valence-electron chi connectivity index (χ4n) is 3.06. The minimum atomic E-state index is -1.34. The van der Waals surface area contributed by atoms with E-state index < -0.39 is 21.6 Å². The maximum Gasteiger partial charge on any atom is 0.237 e. The number of nitrogens with two attached hydrogens (primary N) is 1. The Bertz CT molecular complexity index is 717. The van der Waals surface area contributed by atoms with Crippen molar-refractivity contribution in [2.24, 2.45) is 5.73 Å². The molecule has 9 heteroatoms. The van der Waals surface area contributed by atoms with Crippen LogP contribution in [0, 0.1) is 11.8 Å². The molecule has 2 N–H and O–H groups in total. The van der Waals surface area contributed by atoms with Gasteiger partial charge >= 0.3 is 0 Å². The van der Waals surface area contributed by atoms with Crippen LogP contribution in [0.3, 0.4) is 0 Å². The Morgan fingerprint density at radius 2 is 2.07 bits per heavy atom. The predicted octanol–water partition coefficient (Wildman–Crippen LogP) is 1.75. The van der Waals surface area contributed by atoms with Gasteiger partial charge < -0.3 is 15.4 Å². The van der Waals surface area contributed by atoms with Crippen molar-refractivity contribution in [2.45, 2.75) is 30.4 Å². The summed E-state index contributed by atoms with van der Waals surface area (Å²) in [5.74, 6) is 7.64. The number of allylic oxidation sites excluding steroid dienone is 4. The van der Waals surface area contributed by atoms with Crippen molar-refractivity contribution < 1.29 is 13.7 Å². The van der Waals surface area contributed by atoms with Gasteiger partial charge in [-0.15, -0.1) is 0 Å². The lowest BCUT2D eigenvalue weighted by molar-refractivity contribution is -0.118. The maximum atomic E-state index is 12.7. The Morgan fingerprint density at radius 1 is 1.33 bits per heavy atom. The van der Waals surface area contributed by atoms with E-state index in [1.54, 1.807) is 0 Å². The molecule has 0 spiro atoms. The molecule has 3 rings (SSSR count). The van der Waals surface area contributed by atoms with Crippen LogP contribution in [0.15, 0.2) is 23.6 Å². The lowest BCUT2D eigenvalue weighted by Gasteiger charge is -2.36. The number of primary amides is 1. The summed E-state index contributed by atoms with van der Waals surface area (Å²) < 4.78 is 19.5. The van der Waals surface area contributed by atoms with Gasteiger partial charge in [-0.25, -0.2) is 8.51 Å². The van der Waals surface area contributed by atoms with Gasteiger partial charge in [0, 0.05) is 31.9 Å². The van der Waals surface area contributed by atoms with Crippen LogP contribution in [0.2, 0.25) is 0 Å². The summed E-state index contributed by atoms with van der Waals surface area (Å²) in [4.78, 5) is 13.8. The smallest absolute Gasteiger partial charge is 0.237 e. The lowest BCUT2D eigenvalue weighted by atomic mass is 10.3. The molecule has 2 aliphatic carbocycles. The number of hydrogen-bond donors (Lipinski definition) is 1. The molecule has 0 aromatic rings. The predicted molar refractivity (Wildman–Crippen MR) is 110 cm³/mol. The summed E-state index contributed by atoms with van der Waals surface area (Å²) in [6, 6.07) is 0. The number of halogens is 1. The Morgan fingerprint density at radius 3 is 2.70 bits per heavy atom. The zero-order chi connectivity index (χ0) is 19.3. The van der Waals surface area contributed by atoms with E-state index >= 15 is 0 Å². The van der Waals surface area contributed by atoms with E-state index in [4.69, 9.17) is 21.2 Å². The highest BCUT2D eigenvalue weighted by atomic mass is 35.7. The average Bonchev–Trinajstić information content (AvgIpc) is 3.50. The molecule has 1 saturated heterocycles. The number of carbonyl (C=O) groups excluding carboxylic acids is 1. The van der Waals surface area contributed by atoms with Gasteiger partial charge in [0.2, 0.25) is 5.91 Å². The van der Waals surface area contributed by atoms with Gasteiger partial charge in [0.1, 0.15) is 21.5 Å². The molecule has 148 valence electrons.